The molecular weight excluding hydrogens is 538 g/mol. The minimum atomic E-state index is -1.10. The summed E-state index contributed by atoms with van der Waals surface area (Å²) in [6.45, 7) is 2.17. The minimum Gasteiger partial charge on any atom is -0.343 e. The first-order chi connectivity index (χ1) is 17.8. The maximum absolute atomic E-state index is 13.6. The van der Waals surface area contributed by atoms with Gasteiger partial charge in [-0.2, -0.15) is 0 Å². The van der Waals surface area contributed by atoms with Gasteiger partial charge in [0.05, 0.1) is 12.5 Å². The van der Waals surface area contributed by atoms with Crippen LogP contribution in [0, 0.1) is 0 Å². The molecule has 3 amide bonds. The van der Waals surface area contributed by atoms with Crippen LogP contribution in [0.2, 0.25) is 0 Å². The molecule has 2 atom stereocenters. The molecule has 1 aromatic heterocycles. The van der Waals surface area contributed by atoms with Crippen molar-refractivity contribution in [1.29, 1.82) is 0 Å². The van der Waals surface area contributed by atoms with E-state index in [0.717, 1.165) is 21.3 Å². The van der Waals surface area contributed by atoms with Gasteiger partial charge in [0, 0.05) is 62.1 Å². The highest BCUT2D eigenvalue weighted by atomic mass is 79.9. The zero-order valence-electron chi connectivity index (χ0n) is 20.9. The number of nitrogens with two attached hydrogens (primary N) is 3. The summed E-state index contributed by atoms with van der Waals surface area (Å²) in [7, 11) is 0. The second-order valence-corrected chi connectivity index (χ2v) is 10.0. The Morgan fingerprint density at radius 1 is 1.14 bits per heavy atom. The first kappa shape index (κ1) is 28.7. The second-order valence-electron chi connectivity index (χ2n) is 9.12. The van der Waals surface area contributed by atoms with E-state index in [-0.39, 0.29) is 31.3 Å². The topological polar surface area (TPSA) is 161 Å². The van der Waals surface area contributed by atoms with Crippen molar-refractivity contribution in [3.63, 3.8) is 0 Å². The van der Waals surface area contributed by atoms with E-state index < -0.39 is 18.0 Å². The van der Waals surface area contributed by atoms with Gasteiger partial charge in [-0.1, -0.05) is 30.3 Å². The quantitative estimate of drug-likeness (QED) is 0.284. The van der Waals surface area contributed by atoms with Gasteiger partial charge in [0.15, 0.2) is 0 Å². The van der Waals surface area contributed by atoms with E-state index in [4.69, 9.17) is 17.2 Å². The maximum Gasteiger partial charge on any atom is 0.245 e. The highest BCUT2D eigenvalue weighted by Crippen LogP contribution is 2.22. The van der Waals surface area contributed by atoms with E-state index in [1.807, 2.05) is 36.4 Å². The van der Waals surface area contributed by atoms with Crippen LogP contribution in [0.3, 0.4) is 0 Å². The summed E-state index contributed by atoms with van der Waals surface area (Å²) in [5.74, 6) is -1.01. The summed E-state index contributed by atoms with van der Waals surface area (Å²) in [6.07, 6.45) is 3.21. The third-order valence-electron chi connectivity index (χ3n) is 6.38. The monoisotopic (exact) mass is 573 g/mol. The molecule has 1 aliphatic heterocycles. The number of hydrogen-bond acceptors (Lipinski definition) is 7. The first-order valence-electron chi connectivity index (χ1n) is 12.5. The number of aromatic nitrogens is 1. The van der Waals surface area contributed by atoms with Crippen LogP contribution in [0.25, 0.3) is 0 Å². The second kappa shape index (κ2) is 14.2. The number of amides is 3. The molecule has 7 N–H and O–H groups in total. The highest BCUT2D eigenvalue weighted by molar-refractivity contribution is 9.10. The van der Waals surface area contributed by atoms with Crippen LogP contribution in [-0.2, 0) is 33.8 Å². The summed E-state index contributed by atoms with van der Waals surface area (Å²) in [5.41, 5.74) is 20.3. The molecule has 1 aliphatic rings. The van der Waals surface area contributed by atoms with Crippen LogP contribution in [0.4, 0.5) is 0 Å². The van der Waals surface area contributed by atoms with Gasteiger partial charge in [-0.15, -0.1) is 0 Å². The van der Waals surface area contributed by atoms with E-state index >= 15 is 0 Å². The summed E-state index contributed by atoms with van der Waals surface area (Å²) in [4.78, 5) is 47.0. The molecule has 0 fully saturated rings. The van der Waals surface area contributed by atoms with Gasteiger partial charge in [0.2, 0.25) is 17.7 Å². The van der Waals surface area contributed by atoms with Gasteiger partial charge in [0.25, 0.3) is 0 Å². The van der Waals surface area contributed by atoms with Gasteiger partial charge in [0.1, 0.15) is 6.04 Å². The molecule has 0 bridgehead atoms. The van der Waals surface area contributed by atoms with E-state index in [1.165, 1.54) is 4.90 Å². The van der Waals surface area contributed by atoms with Crippen molar-refractivity contribution in [2.24, 2.45) is 17.2 Å². The van der Waals surface area contributed by atoms with Gasteiger partial charge in [-0.25, -0.2) is 0 Å². The largest absolute Gasteiger partial charge is 0.343 e. The lowest BCUT2D eigenvalue weighted by Gasteiger charge is -2.32. The molecule has 0 saturated carbocycles. The number of hydrogen-bond donors (Lipinski definition) is 4. The molecule has 0 aliphatic carbocycles. The van der Waals surface area contributed by atoms with Crippen LogP contribution < -0.4 is 22.5 Å². The predicted octanol–water partition coefficient (Wildman–Crippen LogP) is 0.310. The number of nitrogens with one attached hydrogen (secondary N) is 1. The molecule has 0 saturated heterocycles. The Hall–Kier alpha value is -2.86. The smallest absolute Gasteiger partial charge is 0.245 e. The number of fused-ring (bicyclic) bond motifs is 1. The van der Waals surface area contributed by atoms with Crippen molar-refractivity contribution in [3.05, 3.63) is 63.9 Å². The van der Waals surface area contributed by atoms with E-state index in [2.05, 4.69) is 26.2 Å². The van der Waals surface area contributed by atoms with Crippen LogP contribution in [0.15, 0.2) is 47.1 Å². The molecule has 1 aromatic carbocycles. The molecule has 2 aromatic rings. The molecule has 11 heteroatoms. The lowest BCUT2D eigenvalue weighted by Crippen LogP contribution is -2.54. The normalized spacial score (nSPS) is 14.4. The number of carbonyl (C=O) groups is 3. The third-order valence-corrected chi connectivity index (χ3v) is 6.81. The highest BCUT2D eigenvalue weighted by Gasteiger charge is 2.31. The Morgan fingerprint density at radius 3 is 2.51 bits per heavy atom. The van der Waals surface area contributed by atoms with Gasteiger partial charge < -0.3 is 32.3 Å². The van der Waals surface area contributed by atoms with Gasteiger partial charge in [-0.3, -0.25) is 19.4 Å². The van der Waals surface area contributed by atoms with Gasteiger partial charge >= 0.3 is 0 Å². The van der Waals surface area contributed by atoms with Crippen molar-refractivity contribution >= 4 is 33.7 Å². The lowest BCUT2D eigenvalue weighted by molar-refractivity contribution is -0.138. The summed E-state index contributed by atoms with van der Waals surface area (Å²) >= 11 is 3.44. The average molecular weight is 575 g/mol. The number of carbonyl (C=O) groups excluding carboxylic acids is 3. The van der Waals surface area contributed by atoms with Crippen molar-refractivity contribution in [2.75, 3.05) is 32.7 Å². The van der Waals surface area contributed by atoms with Crippen molar-refractivity contribution < 1.29 is 14.4 Å². The fourth-order valence-corrected chi connectivity index (χ4v) is 4.76. The van der Waals surface area contributed by atoms with E-state index in [0.29, 0.717) is 45.4 Å². The van der Waals surface area contributed by atoms with Crippen molar-refractivity contribution in [3.8, 4) is 0 Å². The Balaban J connectivity index is 1.70. The van der Waals surface area contributed by atoms with Crippen molar-refractivity contribution in [2.45, 2.75) is 44.3 Å². The third kappa shape index (κ3) is 8.32. The molecule has 10 nitrogen and oxygen atoms in total. The Labute approximate surface area is 226 Å². The summed E-state index contributed by atoms with van der Waals surface area (Å²) in [6, 6.07) is 9.87. The molecular formula is C26H36BrN7O3. The molecule has 200 valence electrons. The molecule has 2 heterocycles. The zero-order valence-corrected chi connectivity index (χ0v) is 22.5. The molecule has 37 heavy (non-hydrogen) atoms. The van der Waals surface area contributed by atoms with E-state index in [9.17, 15) is 14.4 Å². The maximum atomic E-state index is 13.6. The Bertz CT molecular complexity index is 1060. The first-order valence-corrected chi connectivity index (χ1v) is 13.3. The standard InChI is InChI=1S/C26H36BrN7O3/c27-20-14-19-17-34(11-8-22(19)31-16-20)26(37)23(7-6-18-4-2-1-3-5-18)32-25(36)21(30)15-24(35)33(12-9-28)13-10-29/h1-5,14,16,21,23H,6-13,15,17,28-30H2,(H,32,36). The Morgan fingerprint density at radius 2 is 1.84 bits per heavy atom. The SMILES string of the molecule is NCCN(CCN)C(=O)CC(N)C(=O)NC(CCc1ccccc1)C(=O)N1CCc2ncc(Br)cc2C1. The van der Waals surface area contributed by atoms with Crippen LogP contribution in [0.1, 0.15) is 29.7 Å². The number of nitrogens with zero attached hydrogens (tertiary/aromatic N) is 3. The molecule has 0 spiro atoms. The summed E-state index contributed by atoms with van der Waals surface area (Å²) < 4.78 is 0.850. The average Bonchev–Trinajstić information content (AvgIpc) is 2.90. The number of pyridine rings is 1. The number of rotatable bonds is 12. The fraction of sp³-hybridized carbons (Fsp3) is 0.462. The zero-order chi connectivity index (χ0) is 26.8. The number of benzene rings is 1. The Kier molecular flexibility index (Phi) is 11.0. The van der Waals surface area contributed by atoms with Crippen LogP contribution in [0.5, 0.6) is 0 Å². The fourth-order valence-electron chi connectivity index (χ4n) is 4.38. The molecule has 0 radical (unpaired) electrons. The summed E-state index contributed by atoms with van der Waals surface area (Å²) in [5, 5.41) is 2.83. The number of halogens is 1. The van der Waals surface area contributed by atoms with Crippen LogP contribution >= 0.6 is 15.9 Å². The lowest BCUT2D eigenvalue weighted by atomic mass is 10.0. The molecule has 2 unspecified atom stereocenters. The van der Waals surface area contributed by atoms with Crippen LogP contribution in [-0.4, -0.2) is 77.3 Å². The minimum absolute atomic E-state index is 0.179. The van der Waals surface area contributed by atoms with E-state index in [1.54, 1.807) is 11.1 Å². The molecule has 3 rings (SSSR count). The number of aryl methyl sites for hydroxylation is 1. The predicted molar refractivity (Wildman–Crippen MR) is 145 cm³/mol. The van der Waals surface area contributed by atoms with Crippen molar-refractivity contribution in [1.82, 2.24) is 20.1 Å². The van der Waals surface area contributed by atoms with Gasteiger partial charge in [-0.05, 0) is 46.0 Å².